The van der Waals surface area contributed by atoms with Crippen molar-refractivity contribution >= 4 is 36.3 Å². The number of rotatable bonds is 9. The van der Waals surface area contributed by atoms with Crippen molar-refractivity contribution < 1.29 is 28.7 Å². The van der Waals surface area contributed by atoms with E-state index >= 15 is 0 Å². The van der Waals surface area contributed by atoms with Gasteiger partial charge in [0.1, 0.15) is 11.6 Å². The average Bonchev–Trinajstić information content (AvgIpc) is 4.23. The highest BCUT2D eigenvalue weighted by atomic mass is 16.5. The third-order valence-electron chi connectivity index (χ3n) is 15.1. The summed E-state index contributed by atoms with van der Waals surface area (Å²) in [6.07, 6.45) is 13.7. The fourth-order valence-electron chi connectivity index (χ4n) is 11.6. The molecule has 2 aromatic heterocycles. The number of aromatic amines is 2. The second kappa shape index (κ2) is 23.3. The van der Waals surface area contributed by atoms with Crippen LogP contribution in [0.15, 0.2) is 29.5 Å². The summed E-state index contributed by atoms with van der Waals surface area (Å²) in [5, 5.41) is 4.01. The van der Waals surface area contributed by atoms with E-state index in [0.717, 1.165) is 94.9 Å². The Morgan fingerprint density at radius 2 is 1.27 bits per heavy atom. The molecule has 18 heteroatoms. The summed E-state index contributed by atoms with van der Waals surface area (Å²) in [4.78, 5) is 77.7. The molecule has 10 rings (SSSR count). The Hall–Kier alpha value is -5.33. The van der Waals surface area contributed by atoms with Crippen molar-refractivity contribution in [3.05, 3.63) is 53.0 Å². The zero-order valence-electron chi connectivity index (χ0n) is 42.3. The molecule has 7 aliphatic rings. The molecule has 7 aliphatic heterocycles. The van der Waals surface area contributed by atoms with Gasteiger partial charge in [-0.05, 0) is 93.0 Å². The molecule has 2 bridgehead atoms. The van der Waals surface area contributed by atoms with Crippen LogP contribution in [0.25, 0.3) is 11.3 Å². The molecule has 0 radical (unpaired) electrons. The summed E-state index contributed by atoms with van der Waals surface area (Å²) < 4.78 is 10.0. The zero-order valence-corrected chi connectivity index (χ0v) is 42.3. The van der Waals surface area contributed by atoms with Crippen LogP contribution in [0.4, 0.5) is 15.3 Å². The van der Waals surface area contributed by atoms with Crippen LogP contribution in [0, 0.1) is 17.8 Å². The van der Waals surface area contributed by atoms with E-state index < -0.39 is 0 Å². The molecule has 6 saturated heterocycles. The summed E-state index contributed by atoms with van der Waals surface area (Å²) in [5.41, 5.74) is 12.9. The predicted octanol–water partition coefficient (Wildman–Crippen LogP) is 7.25. The molecule has 0 aliphatic carbocycles. The molecular formula is C52H78N12O6. The standard InChI is InChI=1S/C41H58N8O2.C6H10N2O2.C5H10N2O2/c1-24(2)18-36(50)48-14-6-8-34(48)40-42-22-31(45-40)27-12-16-47(17-13-27)33-11-10-28(38-29-20-26(5)21-30(44-29)39(33)38)32-23-43-41(46-32)35-9-7-15-49(35)37(51)19-25(3)4;1-7-6(9)8-2-4-10-5-3-8;6-5(8)7-1-3-9-4-2-7/h10-11,22-27,29-30,34-35,44H,6-9,12-21H2,1-5H3,(H,42,45)(H,43,46);1-5H2;1-4H2,(H2,6,8). The Kier molecular flexibility index (Phi) is 17.0. The molecule has 5 unspecified atom stereocenters. The maximum atomic E-state index is 13.1. The normalized spacial score (nSPS) is 24.6. The van der Waals surface area contributed by atoms with Crippen molar-refractivity contribution in [2.24, 2.45) is 28.5 Å². The number of amides is 6. The number of H-pyrrole nitrogens is 2. The quantitative estimate of drug-likeness (QED) is 0.158. The van der Waals surface area contributed by atoms with Crippen LogP contribution in [-0.4, -0.2) is 149 Å². The number of carbonyl (C=O) groups is 4. The van der Waals surface area contributed by atoms with Gasteiger partial charge in [0.2, 0.25) is 11.8 Å². The SMILES string of the molecule is C=NC(=O)N1CCOCC1.CC(C)CC(=O)N1CCCC1c1ncc(-c2ccc(N3CCC(c4cnc(C5CCCN5C(=O)CC(C)C)[nH]4)CC3)c3c2C2CC(C)CC3N2)[nH]1.NC(=O)N1CCOCC1. The second-order valence-electron chi connectivity index (χ2n) is 21.1. The number of aromatic nitrogens is 4. The van der Waals surface area contributed by atoms with Crippen molar-refractivity contribution in [1.82, 2.24) is 44.9 Å². The Morgan fingerprint density at radius 3 is 1.81 bits per heavy atom. The van der Waals surface area contributed by atoms with Crippen LogP contribution in [-0.2, 0) is 19.1 Å². The highest BCUT2D eigenvalue weighted by Gasteiger charge is 2.42. The lowest BCUT2D eigenvalue weighted by Crippen LogP contribution is -2.43. The van der Waals surface area contributed by atoms with Crippen LogP contribution in [0.5, 0.6) is 0 Å². The fourth-order valence-corrected chi connectivity index (χ4v) is 11.6. The topological polar surface area (TPSA) is 211 Å². The summed E-state index contributed by atoms with van der Waals surface area (Å²) in [7, 11) is 0. The largest absolute Gasteiger partial charge is 0.378 e. The maximum Gasteiger partial charge on any atom is 0.343 e. The van der Waals surface area contributed by atoms with E-state index in [1.807, 2.05) is 12.4 Å². The van der Waals surface area contributed by atoms with Gasteiger partial charge in [-0.1, -0.05) is 40.7 Å². The number of nitrogens with zero attached hydrogens (tertiary/aromatic N) is 8. The van der Waals surface area contributed by atoms with Crippen LogP contribution >= 0.6 is 0 Å². The Morgan fingerprint density at radius 1 is 0.729 bits per heavy atom. The van der Waals surface area contributed by atoms with Crippen LogP contribution in [0.1, 0.15) is 157 Å². The Labute approximate surface area is 413 Å². The number of hydrogen-bond donors (Lipinski definition) is 4. The number of likely N-dealkylation sites (tertiary alicyclic amines) is 2. The minimum absolute atomic E-state index is 0.0337. The van der Waals surface area contributed by atoms with Gasteiger partial charge >= 0.3 is 12.1 Å². The van der Waals surface area contributed by atoms with Crippen molar-refractivity contribution in [3.8, 4) is 11.3 Å². The third-order valence-corrected chi connectivity index (χ3v) is 15.1. The Balaban J connectivity index is 0.000000288. The van der Waals surface area contributed by atoms with E-state index in [0.29, 0.717) is 101 Å². The number of benzene rings is 1. The first-order valence-electron chi connectivity index (χ1n) is 26.1. The number of fused-ring (bicyclic) bond motifs is 5. The summed E-state index contributed by atoms with van der Waals surface area (Å²) in [6.45, 7) is 22.7. The number of urea groups is 2. The van der Waals surface area contributed by atoms with Gasteiger partial charge in [0.15, 0.2) is 0 Å². The number of primary amides is 1. The predicted molar refractivity (Wildman–Crippen MR) is 269 cm³/mol. The van der Waals surface area contributed by atoms with Crippen LogP contribution in [0.3, 0.4) is 0 Å². The number of nitrogens with two attached hydrogens (primary N) is 1. The van der Waals surface area contributed by atoms with Gasteiger partial charge in [-0.2, -0.15) is 0 Å². The molecule has 0 saturated carbocycles. The minimum atomic E-state index is -0.349. The van der Waals surface area contributed by atoms with Gasteiger partial charge in [0, 0.05) is 106 Å². The first kappa shape index (κ1) is 51.0. The first-order valence-corrected chi connectivity index (χ1v) is 26.1. The van der Waals surface area contributed by atoms with Crippen molar-refractivity contribution in [1.29, 1.82) is 0 Å². The van der Waals surface area contributed by atoms with Crippen molar-refractivity contribution in [2.75, 3.05) is 83.7 Å². The van der Waals surface area contributed by atoms with E-state index in [9.17, 15) is 19.2 Å². The fraction of sp³-hybridized carbons (Fsp3) is 0.673. The number of ether oxygens (including phenoxy) is 2. The van der Waals surface area contributed by atoms with Crippen molar-refractivity contribution in [3.63, 3.8) is 0 Å². The number of morpholine rings is 2. The average molecular weight is 967 g/mol. The van der Waals surface area contributed by atoms with E-state index in [4.69, 9.17) is 25.2 Å². The number of nitrogens with one attached hydrogen (secondary N) is 3. The molecule has 70 heavy (non-hydrogen) atoms. The molecule has 1 aromatic carbocycles. The number of piperidine rings is 2. The van der Waals surface area contributed by atoms with E-state index in [1.165, 1.54) is 28.1 Å². The molecule has 6 amide bonds. The first-order chi connectivity index (χ1) is 33.8. The molecule has 382 valence electrons. The molecule has 6 fully saturated rings. The molecule has 0 spiro atoms. The third kappa shape index (κ3) is 11.9. The Bertz CT molecular complexity index is 2270. The summed E-state index contributed by atoms with van der Waals surface area (Å²) in [6, 6.07) is 4.92. The van der Waals surface area contributed by atoms with Gasteiger partial charge in [-0.15, -0.1) is 0 Å². The van der Waals surface area contributed by atoms with Gasteiger partial charge in [-0.25, -0.2) is 24.5 Å². The van der Waals surface area contributed by atoms with E-state index in [2.05, 4.69) is 88.4 Å². The summed E-state index contributed by atoms with van der Waals surface area (Å²) in [5.74, 6) is 4.22. The van der Waals surface area contributed by atoms with Gasteiger partial charge in [0.25, 0.3) is 0 Å². The molecule has 5 atom stereocenters. The number of aliphatic imine (C=N–C) groups is 1. The molecule has 5 N–H and O–H groups in total. The number of imidazole rings is 2. The number of hydrogen-bond acceptors (Lipinski definition) is 10. The second-order valence-corrected chi connectivity index (χ2v) is 21.1. The molecule has 9 heterocycles. The van der Waals surface area contributed by atoms with Crippen molar-refractivity contribution in [2.45, 2.75) is 129 Å². The van der Waals surface area contributed by atoms with Crippen LogP contribution < -0.4 is 16.0 Å². The minimum Gasteiger partial charge on any atom is -0.378 e. The lowest BCUT2D eigenvalue weighted by atomic mass is 9.90. The van der Waals surface area contributed by atoms with Gasteiger partial charge in [-0.3, -0.25) is 9.59 Å². The smallest absolute Gasteiger partial charge is 0.343 e. The number of carbonyl (C=O) groups excluding carboxylic acids is 4. The highest BCUT2D eigenvalue weighted by Crippen LogP contribution is 2.52. The van der Waals surface area contributed by atoms with E-state index in [1.54, 1.807) is 9.80 Å². The van der Waals surface area contributed by atoms with Gasteiger partial charge < -0.3 is 55.0 Å². The monoisotopic (exact) mass is 967 g/mol. The van der Waals surface area contributed by atoms with Gasteiger partial charge in [0.05, 0.1) is 50.4 Å². The van der Waals surface area contributed by atoms with Crippen LogP contribution in [0.2, 0.25) is 0 Å². The maximum absolute atomic E-state index is 13.1. The lowest BCUT2D eigenvalue weighted by Gasteiger charge is -2.35. The molecule has 3 aromatic rings. The summed E-state index contributed by atoms with van der Waals surface area (Å²) >= 11 is 0. The number of anilines is 1. The van der Waals surface area contributed by atoms with E-state index in [-0.39, 0.29) is 36.0 Å². The molecular weight excluding hydrogens is 889 g/mol. The zero-order chi connectivity index (χ0) is 49.5. The highest BCUT2D eigenvalue weighted by molar-refractivity contribution is 5.79. The lowest BCUT2D eigenvalue weighted by molar-refractivity contribution is -0.133. The molecule has 18 nitrogen and oxygen atoms in total.